The van der Waals surface area contributed by atoms with Gasteiger partial charge >= 0.3 is 5.97 Å². The summed E-state index contributed by atoms with van der Waals surface area (Å²) in [6, 6.07) is 5.52. The summed E-state index contributed by atoms with van der Waals surface area (Å²) >= 11 is 0. The number of carboxylic acid groups (broad SMARTS) is 1. The lowest BCUT2D eigenvalue weighted by atomic mass is 10.1. The summed E-state index contributed by atoms with van der Waals surface area (Å²) in [7, 11) is 1.55. The zero-order valence-corrected chi connectivity index (χ0v) is 11.0. The summed E-state index contributed by atoms with van der Waals surface area (Å²) < 4.78 is 0. The van der Waals surface area contributed by atoms with Gasteiger partial charge in [0.2, 0.25) is 5.91 Å². The molecule has 0 aliphatic carbocycles. The monoisotopic (exact) mass is 264 g/mol. The maximum absolute atomic E-state index is 12.0. The van der Waals surface area contributed by atoms with E-state index in [1.54, 1.807) is 31.3 Å². The van der Waals surface area contributed by atoms with E-state index in [-0.39, 0.29) is 11.5 Å². The zero-order chi connectivity index (χ0) is 14.6. The smallest absolute Gasteiger partial charge is 0.325 e. The second-order valence-electron chi connectivity index (χ2n) is 4.13. The molecular formula is C13H16N2O4. The predicted molar refractivity (Wildman–Crippen MR) is 70.1 cm³/mol. The Morgan fingerprint density at radius 1 is 1.26 bits per heavy atom. The standard InChI is InChI=1S/C13H16N2O4/c1-8(13(18)19)14-12(17)10-6-4-5-7-11(10)15(3)9(2)16/h4-8H,1-3H3,(H,14,17)(H,18,19). The van der Waals surface area contributed by atoms with Gasteiger partial charge in [0.05, 0.1) is 11.3 Å². The molecule has 6 nitrogen and oxygen atoms in total. The third-order valence-electron chi connectivity index (χ3n) is 2.70. The van der Waals surface area contributed by atoms with Crippen molar-refractivity contribution in [1.29, 1.82) is 0 Å². The number of amides is 2. The van der Waals surface area contributed by atoms with Gasteiger partial charge in [-0.15, -0.1) is 0 Å². The highest BCUT2D eigenvalue weighted by Gasteiger charge is 2.19. The molecule has 0 aliphatic heterocycles. The first kappa shape index (κ1) is 14.7. The first-order valence-electron chi connectivity index (χ1n) is 5.71. The van der Waals surface area contributed by atoms with Gasteiger partial charge in [-0.05, 0) is 19.1 Å². The molecule has 1 rings (SSSR count). The van der Waals surface area contributed by atoms with Crippen molar-refractivity contribution in [1.82, 2.24) is 5.32 Å². The predicted octanol–water partition coefficient (Wildman–Crippen LogP) is 0.872. The second-order valence-corrected chi connectivity index (χ2v) is 4.13. The Morgan fingerprint density at radius 2 is 1.84 bits per heavy atom. The molecule has 6 heteroatoms. The average Bonchev–Trinajstić information content (AvgIpc) is 2.37. The highest BCUT2D eigenvalue weighted by Crippen LogP contribution is 2.19. The van der Waals surface area contributed by atoms with Gasteiger partial charge < -0.3 is 15.3 Å². The van der Waals surface area contributed by atoms with Crippen LogP contribution in [-0.4, -0.2) is 36.0 Å². The Morgan fingerprint density at radius 3 is 2.37 bits per heavy atom. The van der Waals surface area contributed by atoms with Crippen LogP contribution in [0.3, 0.4) is 0 Å². The minimum Gasteiger partial charge on any atom is -0.480 e. The number of para-hydroxylation sites is 1. The van der Waals surface area contributed by atoms with E-state index < -0.39 is 17.9 Å². The van der Waals surface area contributed by atoms with Crippen molar-refractivity contribution in [3.05, 3.63) is 29.8 Å². The lowest BCUT2D eigenvalue weighted by molar-refractivity contribution is -0.138. The number of carbonyl (C=O) groups excluding carboxylic acids is 2. The van der Waals surface area contributed by atoms with E-state index in [9.17, 15) is 14.4 Å². The van der Waals surface area contributed by atoms with Crippen LogP contribution < -0.4 is 10.2 Å². The SMILES string of the molecule is CC(=O)N(C)c1ccccc1C(=O)NC(C)C(=O)O. The first-order valence-corrected chi connectivity index (χ1v) is 5.71. The van der Waals surface area contributed by atoms with E-state index in [0.29, 0.717) is 5.69 Å². The average molecular weight is 264 g/mol. The van der Waals surface area contributed by atoms with Crippen molar-refractivity contribution in [2.24, 2.45) is 0 Å². The lowest BCUT2D eigenvalue weighted by Crippen LogP contribution is -2.39. The molecule has 1 aromatic rings. The highest BCUT2D eigenvalue weighted by molar-refractivity contribution is 6.05. The molecule has 19 heavy (non-hydrogen) atoms. The fourth-order valence-electron chi connectivity index (χ4n) is 1.46. The van der Waals surface area contributed by atoms with Gasteiger partial charge in [-0.3, -0.25) is 14.4 Å². The quantitative estimate of drug-likeness (QED) is 0.844. The number of benzene rings is 1. The fraction of sp³-hybridized carbons (Fsp3) is 0.308. The van der Waals surface area contributed by atoms with Crippen LogP contribution in [0, 0.1) is 0 Å². The molecule has 2 amide bonds. The van der Waals surface area contributed by atoms with Crippen LogP contribution >= 0.6 is 0 Å². The molecule has 0 heterocycles. The third kappa shape index (κ3) is 3.54. The number of carboxylic acids is 1. The molecule has 2 N–H and O–H groups in total. The van der Waals surface area contributed by atoms with Crippen LogP contribution in [0.4, 0.5) is 5.69 Å². The molecule has 0 aromatic heterocycles. The molecule has 0 spiro atoms. The van der Waals surface area contributed by atoms with Crippen LogP contribution in [0.1, 0.15) is 24.2 Å². The summed E-state index contributed by atoms with van der Waals surface area (Å²) in [5, 5.41) is 11.1. The first-order chi connectivity index (χ1) is 8.84. The molecule has 0 aliphatic rings. The van der Waals surface area contributed by atoms with E-state index in [1.807, 2.05) is 0 Å². The number of anilines is 1. The third-order valence-corrected chi connectivity index (χ3v) is 2.70. The molecule has 0 saturated carbocycles. The van der Waals surface area contributed by atoms with Gasteiger partial charge in [-0.2, -0.15) is 0 Å². The van der Waals surface area contributed by atoms with Crippen LogP contribution in [-0.2, 0) is 9.59 Å². The number of aliphatic carboxylic acids is 1. The normalized spacial score (nSPS) is 11.5. The van der Waals surface area contributed by atoms with Crippen LogP contribution in [0.5, 0.6) is 0 Å². The van der Waals surface area contributed by atoms with Crippen molar-refractivity contribution >= 4 is 23.5 Å². The number of nitrogens with zero attached hydrogens (tertiary/aromatic N) is 1. The summed E-state index contributed by atoms with van der Waals surface area (Å²) in [5.74, 6) is -1.86. The largest absolute Gasteiger partial charge is 0.480 e. The number of carbonyl (C=O) groups is 3. The number of hydrogen-bond donors (Lipinski definition) is 2. The van der Waals surface area contributed by atoms with Gasteiger partial charge in [0, 0.05) is 14.0 Å². The molecular weight excluding hydrogens is 248 g/mol. The van der Waals surface area contributed by atoms with E-state index in [2.05, 4.69) is 5.32 Å². The van der Waals surface area contributed by atoms with Crippen molar-refractivity contribution in [2.75, 3.05) is 11.9 Å². The van der Waals surface area contributed by atoms with Crippen molar-refractivity contribution in [3.8, 4) is 0 Å². The Kier molecular flexibility index (Phi) is 4.63. The Labute approximate surface area is 111 Å². The molecule has 0 radical (unpaired) electrons. The maximum atomic E-state index is 12.0. The topological polar surface area (TPSA) is 86.7 Å². The number of hydrogen-bond acceptors (Lipinski definition) is 3. The van der Waals surface area contributed by atoms with Crippen LogP contribution in [0.15, 0.2) is 24.3 Å². The van der Waals surface area contributed by atoms with E-state index in [1.165, 1.54) is 18.7 Å². The Hall–Kier alpha value is -2.37. The minimum atomic E-state index is -1.12. The number of nitrogens with one attached hydrogen (secondary N) is 1. The van der Waals surface area contributed by atoms with Crippen LogP contribution in [0.25, 0.3) is 0 Å². The Balaban J connectivity index is 3.04. The minimum absolute atomic E-state index is 0.216. The zero-order valence-electron chi connectivity index (χ0n) is 11.0. The van der Waals surface area contributed by atoms with E-state index in [0.717, 1.165) is 0 Å². The second kappa shape index (κ2) is 5.99. The van der Waals surface area contributed by atoms with Crippen molar-refractivity contribution < 1.29 is 19.5 Å². The highest BCUT2D eigenvalue weighted by atomic mass is 16.4. The summed E-state index contributed by atoms with van der Waals surface area (Å²) in [5.41, 5.74) is 0.693. The van der Waals surface area contributed by atoms with Gasteiger partial charge in [-0.25, -0.2) is 0 Å². The lowest BCUT2D eigenvalue weighted by Gasteiger charge is -2.19. The molecule has 102 valence electrons. The van der Waals surface area contributed by atoms with Gasteiger partial charge in [0.15, 0.2) is 0 Å². The maximum Gasteiger partial charge on any atom is 0.325 e. The molecule has 1 unspecified atom stereocenters. The van der Waals surface area contributed by atoms with Crippen LogP contribution in [0.2, 0.25) is 0 Å². The summed E-state index contributed by atoms with van der Waals surface area (Å²) in [6.45, 7) is 2.76. The molecule has 0 fully saturated rings. The van der Waals surface area contributed by atoms with Gasteiger partial charge in [0.1, 0.15) is 6.04 Å². The van der Waals surface area contributed by atoms with Gasteiger partial charge in [0.25, 0.3) is 5.91 Å². The van der Waals surface area contributed by atoms with E-state index >= 15 is 0 Å². The fourth-order valence-corrected chi connectivity index (χ4v) is 1.46. The molecule has 1 aromatic carbocycles. The summed E-state index contributed by atoms with van der Waals surface area (Å²) in [4.78, 5) is 35.4. The summed E-state index contributed by atoms with van der Waals surface area (Å²) in [6.07, 6.45) is 0. The Bertz CT molecular complexity index is 513. The van der Waals surface area contributed by atoms with E-state index in [4.69, 9.17) is 5.11 Å². The van der Waals surface area contributed by atoms with Crippen molar-refractivity contribution in [3.63, 3.8) is 0 Å². The molecule has 0 bridgehead atoms. The van der Waals surface area contributed by atoms with Crippen molar-refractivity contribution in [2.45, 2.75) is 19.9 Å². The molecule has 1 atom stereocenters. The van der Waals surface area contributed by atoms with Gasteiger partial charge in [-0.1, -0.05) is 12.1 Å². The number of rotatable bonds is 4. The molecule has 0 saturated heterocycles.